The Morgan fingerprint density at radius 3 is 2.50 bits per heavy atom. The first kappa shape index (κ1) is 13.1. The highest BCUT2D eigenvalue weighted by molar-refractivity contribution is 5.86. The van der Waals surface area contributed by atoms with E-state index in [1.807, 2.05) is 25.1 Å². The smallest absolute Gasteiger partial charge is 0.346 e. The third-order valence-corrected chi connectivity index (χ3v) is 3.80. The van der Waals surface area contributed by atoms with E-state index in [1.165, 1.54) is 0 Å². The number of hydrogen-bond acceptors (Lipinski definition) is 3. The second kappa shape index (κ2) is 4.73. The molecule has 0 saturated carbocycles. The van der Waals surface area contributed by atoms with Crippen molar-refractivity contribution in [2.45, 2.75) is 51.2 Å². The van der Waals surface area contributed by atoms with Crippen LogP contribution >= 0.6 is 0 Å². The van der Waals surface area contributed by atoms with Crippen molar-refractivity contribution in [2.75, 3.05) is 0 Å². The fourth-order valence-electron chi connectivity index (χ4n) is 2.57. The fourth-order valence-corrected chi connectivity index (χ4v) is 2.57. The highest BCUT2D eigenvalue weighted by atomic mass is 16.7. The number of ether oxygens (including phenoxy) is 2. The summed E-state index contributed by atoms with van der Waals surface area (Å²) in [6.07, 6.45) is 2.73. The Morgan fingerprint density at radius 2 is 1.94 bits per heavy atom. The van der Waals surface area contributed by atoms with E-state index in [2.05, 4.69) is 13.8 Å². The molecule has 1 fully saturated rings. The van der Waals surface area contributed by atoms with Crippen molar-refractivity contribution >= 4 is 5.97 Å². The summed E-state index contributed by atoms with van der Waals surface area (Å²) in [5, 5.41) is 0. The summed E-state index contributed by atoms with van der Waals surface area (Å²) < 4.78 is 11.1. The standard InChI is InChI=1S/C15H20O3/c1-4-11-15(5-2)14(3,18-15)13(16)17-12-9-7-6-8-10-12/h6-10H,4-5,11H2,1-3H3. The van der Waals surface area contributed by atoms with Crippen molar-refractivity contribution in [3.63, 3.8) is 0 Å². The van der Waals surface area contributed by atoms with Crippen LogP contribution in [-0.2, 0) is 9.53 Å². The number of epoxide rings is 1. The van der Waals surface area contributed by atoms with Gasteiger partial charge in [-0.1, -0.05) is 38.5 Å². The van der Waals surface area contributed by atoms with Crippen molar-refractivity contribution in [3.05, 3.63) is 30.3 Å². The first-order chi connectivity index (χ1) is 8.58. The maximum Gasteiger partial charge on any atom is 0.346 e. The summed E-state index contributed by atoms with van der Waals surface area (Å²) >= 11 is 0. The van der Waals surface area contributed by atoms with Crippen LogP contribution in [0, 0.1) is 0 Å². The number of esters is 1. The van der Waals surface area contributed by atoms with Crippen molar-refractivity contribution in [2.24, 2.45) is 0 Å². The molecule has 2 atom stereocenters. The Kier molecular flexibility index (Phi) is 3.44. The van der Waals surface area contributed by atoms with Crippen LogP contribution in [0.2, 0.25) is 0 Å². The Hall–Kier alpha value is -1.35. The molecule has 1 saturated heterocycles. The van der Waals surface area contributed by atoms with E-state index in [-0.39, 0.29) is 11.6 Å². The third-order valence-electron chi connectivity index (χ3n) is 3.80. The lowest BCUT2D eigenvalue weighted by atomic mass is 9.88. The zero-order valence-electron chi connectivity index (χ0n) is 11.2. The van der Waals surface area contributed by atoms with Crippen molar-refractivity contribution in [1.82, 2.24) is 0 Å². The predicted octanol–water partition coefficient (Wildman–Crippen LogP) is 3.33. The van der Waals surface area contributed by atoms with Crippen molar-refractivity contribution in [3.8, 4) is 5.75 Å². The molecule has 1 aliphatic rings. The maximum atomic E-state index is 12.2. The third kappa shape index (κ3) is 2.03. The van der Waals surface area contributed by atoms with Gasteiger partial charge in [0.2, 0.25) is 0 Å². The largest absolute Gasteiger partial charge is 0.424 e. The van der Waals surface area contributed by atoms with Gasteiger partial charge in [-0.25, -0.2) is 4.79 Å². The van der Waals surface area contributed by atoms with E-state index in [0.29, 0.717) is 5.75 Å². The topological polar surface area (TPSA) is 38.8 Å². The van der Waals surface area contributed by atoms with Crippen LogP contribution in [0.25, 0.3) is 0 Å². The molecule has 2 unspecified atom stereocenters. The molecule has 0 aliphatic carbocycles. The van der Waals surface area contributed by atoms with Crippen LogP contribution in [-0.4, -0.2) is 17.2 Å². The number of rotatable bonds is 5. The van der Waals surface area contributed by atoms with Crippen LogP contribution in [0.3, 0.4) is 0 Å². The second-order valence-corrected chi connectivity index (χ2v) is 4.94. The summed E-state index contributed by atoms with van der Waals surface area (Å²) in [5.41, 5.74) is -1.11. The average Bonchev–Trinajstić information content (AvgIpc) is 2.98. The van der Waals surface area contributed by atoms with Gasteiger partial charge in [-0.15, -0.1) is 0 Å². The van der Waals surface area contributed by atoms with E-state index >= 15 is 0 Å². The van der Waals surface area contributed by atoms with Crippen molar-refractivity contribution in [1.29, 1.82) is 0 Å². The minimum absolute atomic E-state index is 0.288. The number of hydrogen-bond donors (Lipinski definition) is 0. The zero-order chi connectivity index (χ0) is 13.2. The maximum absolute atomic E-state index is 12.2. The quantitative estimate of drug-likeness (QED) is 0.456. The SMILES string of the molecule is CCCC1(CC)OC1(C)C(=O)Oc1ccccc1. The molecule has 3 nitrogen and oxygen atoms in total. The summed E-state index contributed by atoms with van der Waals surface area (Å²) in [5.74, 6) is 0.282. The van der Waals surface area contributed by atoms with Gasteiger partial charge in [0.25, 0.3) is 0 Å². The molecule has 1 heterocycles. The molecule has 0 amide bonds. The van der Waals surface area contributed by atoms with Gasteiger partial charge in [-0.3, -0.25) is 0 Å². The van der Waals surface area contributed by atoms with Crippen LogP contribution in [0.1, 0.15) is 40.0 Å². The van der Waals surface area contributed by atoms with Gasteiger partial charge in [0.1, 0.15) is 11.4 Å². The van der Waals surface area contributed by atoms with E-state index in [1.54, 1.807) is 12.1 Å². The Balaban J connectivity index is 2.07. The summed E-state index contributed by atoms with van der Waals surface area (Å²) in [6.45, 7) is 5.98. The Bertz CT molecular complexity index is 429. The second-order valence-electron chi connectivity index (χ2n) is 4.94. The number of benzene rings is 1. The molecular weight excluding hydrogens is 228 g/mol. The lowest BCUT2D eigenvalue weighted by molar-refractivity contribution is -0.139. The monoisotopic (exact) mass is 248 g/mol. The van der Waals surface area contributed by atoms with E-state index in [0.717, 1.165) is 19.3 Å². The van der Waals surface area contributed by atoms with Crippen LogP contribution < -0.4 is 4.74 Å². The molecule has 1 aliphatic heterocycles. The number of carbonyl (C=O) groups excluding carboxylic acids is 1. The Labute approximate surface area is 108 Å². The molecule has 0 spiro atoms. The minimum Gasteiger partial charge on any atom is -0.424 e. The molecule has 0 bridgehead atoms. The number of carbonyl (C=O) groups is 1. The average molecular weight is 248 g/mol. The highest BCUT2D eigenvalue weighted by Crippen LogP contribution is 2.53. The lowest BCUT2D eigenvalue weighted by Gasteiger charge is -2.13. The molecule has 0 N–H and O–H groups in total. The molecule has 0 aromatic heterocycles. The fraction of sp³-hybridized carbons (Fsp3) is 0.533. The summed E-state index contributed by atoms with van der Waals surface area (Å²) in [4.78, 5) is 12.2. The van der Waals surface area contributed by atoms with Gasteiger partial charge in [0, 0.05) is 0 Å². The van der Waals surface area contributed by atoms with Gasteiger partial charge in [-0.2, -0.15) is 0 Å². The predicted molar refractivity (Wildman–Crippen MR) is 69.5 cm³/mol. The van der Waals surface area contributed by atoms with Gasteiger partial charge in [0.15, 0.2) is 5.60 Å². The van der Waals surface area contributed by atoms with Crippen LogP contribution in [0.15, 0.2) is 30.3 Å². The first-order valence-electron chi connectivity index (χ1n) is 6.55. The number of para-hydroxylation sites is 1. The molecule has 3 heteroatoms. The molecule has 0 radical (unpaired) electrons. The van der Waals surface area contributed by atoms with E-state index in [4.69, 9.17) is 9.47 Å². The van der Waals surface area contributed by atoms with E-state index in [9.17, 15) is 4.79 Å². The van der Waals surface area contributed by atoms with Gasteiger partial charge in [0.05, 0.1) is 0 Å². The van der Waals surface area contributed by atoms with Gasteiger partial charge >= 0.3 is 5.97 Å². The molecule has 18 heavy (non-hydrogen) atoms. The van der Waals surface area contributed by atoms with Crippen molar-refractivity contribution < 1.29 is 14.3 Å². The molecule has 98 valence electrons. The molecule has 1 aromatic rings. The van der Waals surface area contributed by atoms with Gasteiger partial charge < -0.3 is 9.47 Å². The molecule has 2 rings (SSSR count). The van der Waals surface area contributed by atoms with E-state index < -0.39 is 5.60 Å². The molecular formula is C15H20O3. The zero-order valence-corrected chi connectivity index (χ0v) is 11.2. The van der Waals surface area contributed by atoms with Gasteiger partial charge in [-0.05, 0) is 31.9 Å². The first-order valence-corrected chi connectivity index (χ1v) is 6.55. The Morgan fingerprint density at radius 1 is 1.28 bits per heavy atom. The summed E-state index contributed by atoms with van der Waals surface area (Å²) in [7, 11) is 0. The summed E-state index contributed by atoms with van der Waals surface area (Å²) in [6, 6.07) is 9.13. The lowest BCUT2D eigenvalue weighted by Crippen LogP contribution is -2.34. The van der Waals surface area contributed by atoms with Crippen LogP contribution in [0.4, 0.5) is 0 Å². The minimum atomic E-state index is -0.784. The highest BCUT2D eigenvalue weighted by Gasteiger charge is 2.70. The van der Waals surface area contributed by atoms with Crippen LogP contribution in [0.5, 0.6) is 5.75 Å². The normalized spacial score (nSPS) is 29.9. The molecule has 1 aromatic carbocycles.